The van der Waals surface area contributed by atoms with Gasteiger partial charge in [0.05, 0.1) is 19.1 Å². The Kier molecular flexibility index (Phi) is 8.13. The maximum Gasteiger partial charge on any atom is 0.224 e. The summed E-state index contributed by atoms with van der Waals surface area (Å²) >= 11 is 3.45. The normalized spacial score (nSPS) is 11.8. The number of hydrogen-bond donors (Lipinski definition) is 2. The Morgan fingerprint density at radius 3 is 2.65 bits per heavy atom. The number of ether oxygens (including phenoxy) is 1. The van der Waals surface area contributed by atoms with Crippen molar-refractivity contribution in [3.63, 3.8) is 0 Å². The Morgan fingerprint density at radius 1 is 1.23 bits per heavy atom. The molecule has 4 nitrogen and oxygen atoms in total. The van der Waals surface area contributed by atoms with Gasteiger partial charge in [-0.2, -0.15) is 0 Å². The summed E-state index contributed by atoms with van der Waals surface area (Å²) in [6.45, 7) is 4.57. The number of nitrogens with one attached hydrogen (secondary N) is 1. The molecule has 0 unspecified atom stereocenters. The number of carbonyl (C=O) groups excluding carboxylic acids is 1. The number of rotatable bonds is 9. The van der Waals surface area contributed by atoms with E-state index in [0.717, 1.165) is 27.8 Å². The van der Waals surface area contributed by atoms with Gasteiger partial charge in [0.1, 0.15) is 5.75 Å². The maximum atomic E-state index is 12.5. The average Bonchev–Trinajstić information content (AvgIpc) is 2.62. The van der Waals surface area contributed by atoms with Gasteiger partial charge in [-0.15, -0.1) is 0 Å². The fourth-order valence-corrected chi connectivity index (χ4v) is 3.20. The summed E-state index contributed by atoms with van der Waals surface area (Å²) in [6, 6.07) is 13.6. The van der Waals surface area contributed by atoms with Gasteiger partial charge in [-0.1, -0.05) is 53.2 Å². The molecule has 2 aromatic carbocycles. The van der Waals surface area contributed by atoms with Crippen LogP contribution in [-0.2, 0) is 17.6 Å². The van der Waals surface area contributed by atoms with Crippen LogP contribution in [0.15, 0.2) is 46.9 Å². The molecule has 1 amide bonds. The minimum Gasteiger partial charge on any atom is -0.493 e. The van der Waals surface area contributed by atoms with Crippen LogP contribution in [0.4, 0.5) is 0 Å². The zero-order chi connectivity index (χ0) is 18.9. The quantitative estimate of drug-likeness (QED) is 0.598. The highest BCUT2D eigenvalue weighted by Gasteiger charge is 2.16. The van der Waals surface area contributed by atoms with Crippen molar-refractivity contribution in [1.82, 2.24) is 5.32 Å². The third-order valence-electron chi connectivity index (χ3n) is 4.23. The molecule has 0 aliphatic carbocycles. The standard InChI is InChI=1S/C21H26BrNO3/c1-3-16-7-4-5-8-17(16)13-21(25)23-15(2)19-10-9-18(22)14-20(19)26-12-6-11-24/h4-5,7-10,14-15,24H,3,6,11-13H2,1-2H3,(H,23,25)/t15-/m0/s1. The van der Waals surface area contributed by atoms with E-state index in [2.05, 4.69) is 34.2 Å². The van der Waals surface area contributed by atoms with Crippen LogP contribution < -0.4 is 10.1 Å². The zero-order valence-electron chi connectivity index (χ0n) is 15.3. The fourth-order valence-electron chi connectivity index (χ4n) is 2.86. The number of benzene rings is 2. The molecule has 5 heteroatoms. The second-order valence-electron chi connectivity index (χ2n) is 6.20. The molecule has 26 heavy (non-hydrogen) atoms. The van der Waals surface area contributed by atoms with Crippen molar-refractivity contribution < 1.29 is 14.6 Å². The van der Waals surface area contributed by atoms with Crippen LogP contribution >= 0.6 is 15.9 Å². The second-order valence-corrected chi connectivity index (χ2v) is 7.11. The molecule has 0 bridgehead atoms. The Balaban J connectivity index is 2.06. The Hall–Kier alpha value is -1.85. The molecular formula is C21H26BrNO3. The molecule has 0 aliphatic rings. The molecule has 0 spiro atoms. The van der Waals surface area contributed by atoms with Crippen LogP contribution in [-0.4, -0.2) is 24.2 Å². The van der Waals surface area contributed by atoms with E-state index in [1.807, 2.05) is 43.3 Å². The van der Waals surface area contributed by atoms with E-state index in [9.17, 15) is 4.79 Å². The largest absolute Gasteiger partial charge is 0.493 e. The van der Waals surface area contributed by atoms with Gasteiger partial charge in [0, 0.05) is 23.1 Å². The van der Waals surface area contributed by atoms with Gasteiger partial charge in [0.2, 0.25) is 5.91 Å². The van der Waals surface area contributed by atoms with Gasteiger partial charge in [0.15, 0.2) is 0 Å². The zero-order valence-corrected chi connectivity index (χ0v) is 16.9. The van der Waals surface area contributed by atoms with E-state index >= 15 is 0 Å². The number of aliphatic hydroxyl groups excluding tert-OH is 1. The predicted octanol–water partition coefficient (Wildman–Crippen LogP) is 4.19. The molecule has 0 aromatic heterocycles. The van der Waals surface area contributed by atoms with Crippen LogP contribution in [0.1, 0.15) is 43.0 Å². The minimum absolute atomic E-state index is 0.0115. The molecule has 0 aliphatic heterocycles. The number of aliphatic hydroxyl groups is 1. The highest BCUT2D eigenvalue weighted by molar-refractivity contribution is 9.10. The van der Waals surface area contributed by atoms with Crippen molar-refractivity contribution in [2.24, 2.45) is 0 Å². The molecule has 1 atom stereocenters. The highest BCUT2D eigenvalue weighted by atomic mass is 79.9. The van der Waals surface area contributed by atoms with E-state index in [4.69, 9.17) is 9.84 Å². The van der Waals surface area contributed by atoms with Crippen molar-refractivity contribution >= 4 is 21.8 Å². The average molecular weight is 420 g/mol. The summed E-state index contributed by atoms with van der Waals surface area (Å²) in [5, 5.41) is 12.0. The minimum atomic E-state index is -0.173. The van der Waals surface area contributed by atoms with Crippen molar-refractivity contribution in [3.05, 3.63) is 63.6 Å². The topological polar surface area (TPSA) is 58.6 Å². The van der Waals surface area contributed by atoms with Gasteiger partial charge in [-0.25, -0.2) is 0 Å². The number of amides is 1. The van der Waals surface area contributed by atoms with Crippen LogP contribution in [0.2, 0.25) is 0 Å². The van der Waals surface area contributed by atoms with Crippen molar-refractivity contribution in [1.29, 1.82) is 0 Å². The first-order chi connectivity index (χ1) is 12.5. The first kappa shape index (κ1) is 20.5. The van der Waals surface area contributed by atoms with Crippen molar-refractivity contribution in [2.45, 2.75) is 39.2 Å². The van der Waals surface area contributed by atoms with Crippen LogP contribution in [0.5, 0.6) is 5.75 Å². The van der Waals surface area contributed by atoms with E-state index in [1.165, 1.54) is 5.56 Å². The third kappa shape index (κ3) is 5.85. The number of halogens is 1. The molecule has 2 N–H and O–H groups in total. The number of hydrogen-bond acceptors (Lipinski definition) is 3. The van der Waals surface area contributed by atoms with Gasteiger partial charge in [-0.3, -0.25) is 4.79 Å². The predicted molar refractivity (Wildman–Crippen MR) is 107 cm³/mol. The smallest absolute Gasteiger partial charge is 0.224 e. The molecule has 2 aromatic rings. The van der Waals surface area contributed by atoms with Crippen LogP contribution in [0, 0.1) is 0 Å². The SMILES string of the molecule is CCc1ccccc1CC(=O)N[C@@H](C)c1ccc(Br)cc1OCCCO. The molecule has 140 valence electrons. The number of carbonyl (C=O) groups is 1. The summed E-state index contributed by atoms with van der Waals surface area (Å²) in [6.07, 6.45) is 1.85. The molecule has 0 radical (unpaired) electrons. The van der Waals surface area contributed by atoms with Crippen LogP contribution in [0.25, 0.3) is 0 Å². The lowest BCUT2D eigenvalue weighted by molar-refractivity contribution is -0.121. The fraction of sp³-hybridized carbons (Fsp3) is 0.381. The summed E-state index contributed by atoms with van der Waals surface area (Å²) in [7, 11) is 0. The second kappa shape index (κ2) is 10.3. The summed E-state index contributed by atoms with van der Waals surface area (Å²) in [4.78, 5) is 12.5. The third-order valence-corrected chi connectivity index (χ3v) is 4.72. The Bertz CT molecular complexity index is 733. The lowest BCUT2D eigenvalue weighted by atomic mass is 10.0. The van der Waals surface area contributed by atoms with Gasteiger partial charge >= 0.3 is 0 Å². The molecule has 2 rings (SSSR count). The first-order valence-corrected chi connectivity index (χ1v) is 9.73. The van der Waals surface area contributed by atoms with E-state index < -0.39 is 0 Å². The molecule has 0 saturated carbocycles. The van der Waals surface area contributed by atoms with Crippen LogP contribution in [0.3, 0.4) is 0 Å². The lowest BCUT2D eigenvalue weighted by Gasteiger charge is -2.19. The van der Waals surface area contributed by atoms with E-state index in [-0.39, 0.29) is 18.6 Å². The monoisotopic (exact) mass is 419 g/mol. The summed E-state index contributed by atoms with van der Waals surface area (Å²) in [5.74, 6) is 0.706. The van der Waals surface area contributed by atoms with Crippen molar-refractivity contribution in [3.8, 4) is 5.75 Å². The van der Waals surface area contributed by atoms with Gasteiger partial charge in [-0.05, 0) is 36.6 Å². The highest BCUT2D eigenvalue weighted by Crippen LogP contribution is 2.29. The van der Waals surface area contributed by atoms with Gasteiger partial charge < -0.3 is 15.2 Å². The molecule has 0 saturated heterocycles. The van der Waals surface area contributed by atoms with E-state index in [1.54, 1.807) is 0 Å². The molecule has 0 heterocycles. The summed E-state index contributed by atoms with van der Waals surface area (Å²) < 4.78 is 6.69. The Morgan fingerprint density at radius 2 is 1.96 bits per heavy atom. The maximum absolute atomic E-state index is 12.5. The lowest BCUT2D eigenvalue weighted by Crippen LogP contribution is -2.28. The molecular weight excluding hydrogens is 394 g/mol. The van der Waals surface area contributed by atoms with E-state index in [0.29, 0.717) is 19.4 Å². The summed E-state index contributed by atoms with van der Waals surface area (Å²) in [5.41, 5.74) is 3.19. The first-order valence-electron chi connectivity index (χ1n) is 8.94. The number of aryl methyl sites for hydroxylation is 1. The molecule has 0 fully saturated rings. The van der Waals surface area contributed by atoms with Crippen molar-refractivity contribution in [2.75, 3.05) is 13.2 Å². The Labute approximate surface area is 163 Å². The van der Waals surface area contributed by atoms with Gasteiger partial charge in [0.25, 0.3) is 0 Å².